The van der Waals surface area contributed by atoms with E-state index in [9.17, 15) is 19.5 Å². The second kappa shape index (κ2) is 10.8. The first kappa shape index (κ1) is 26.7. The van der Waals surface area contributed by atoms with Crippen molar-refractivity contribution in [1.82, 2.24) is 9.69 Å². The van der Waals surface area contributed by atoms with Gasteiger partial charge in [0.15, 0.2) is 5.69 Å². The number of primary amides is 1. The van der Waals surface area contributed by atoms with Crippen LogP contribution in [0, 0.1) is 0 Å². The summed E-state index contributed by atoms with van der Waals surface area (Å²) >= 11 is 0.749. The molecule has 0 bridgehead atoms. The number of hydrogen-bond donors (Lipinski definition) is 4. The van der Waals surface area contributed by atoms with Crippen molar-refractivity contribution >= 4 is 40.6 Å². The minimum atomic E-state index is -1.12. The molecule has 0 spiro atoms. The molecule has 0 radical (unpaired) electrons. The Bertz CT molecular complexity index is 1250. The highest BCUT2D eigenvalue weighted by Crippen LogP contribution is 2.34. The van der Waals surface area contributed by atoms with Gasteiger partial charge >= 0.3 is 0 Å². The number of nitrogens with one attached hydrogen (secondary N) is 1. The average molecular weight is 510 g/mol. The van der Waals surface area contributed by atoms with Gasteiger partial charge in [-0.15, -0.1) is 0 Å². The summed E-state index contributed by atoms with van der Waals surface area (Å²) in [5.41, 5.74) is 12.6. The number of phenolic OH excluding ortho intramolecular Hbond substituents is 1. The third-order valence-corrected chi connectivity index (χ3v) is 6.91. The zero-order chi connectivity index (χ0) is 26.6. The minimum absolute atomic E-state index is 0.00491. The van der Waals surface area contributed by atoms with E-state index in [-0.39, 0.29) is 22.0 Å². The average Bonchev–Trinajstić information content (AvgIpc) is 3.24. The van der Waals surface area contributed by atoms with Crippen LogP contribution in [0.25, 0.3) is 0 Å². The van der Waals surface area contributed by atoms with Crippen molar-refractivity contribution < 1.29 is 19.5 Å². The summed E-state index contributed by atoms with van der Waals surface area (Å²) in [4.78, 5) is 40.9. The Kier molecular flexibility index (Phi) is 7.99. The van der Waals surface area contributed by atoms with Crippen LogP contribution in [0.15, 0.2) is 48.5 Å². The molecule has 190 valence electrons. The van der Waals surface area contributed by atoms with Gasteiger partial charge < -0.3 is 21.9 Å². The van der Waals surface area contributed by atoms with Crippen molar-refractivity contribution in [3.05, 3.63) is 70.2 Å². The number of aryl methyl sites for hydroxylation is 1. The Morgan fingerprint density at radius 1 is 1.08 bits per heavy atom. The zero-order valence-electron chi connectivity index (χ0n) is 20.7. The van der Waals surface area contributed by atoms with Gasteiger partial charge in [0.2, 0.25) is 5.91 Å². The number of nitrogens with two attached hydrogens (primary N) is 2. The van der Waals surface area contributed by atoms with Crippen molar-refractivity contribution in [2.75, 3.05) is 10.6 Å². The van der Waals surface area contributed by atoms with Crippen LogP contribution in [0.3, 0.4) is 0 Å². The van der Waals surface area contributed by atoms with Crippen molar-refractivity contribution in [2.24, 2.45) is 5.73 Å². The predicted octanol–water partition coefficient (Wildman–Crippen LogP) is 3.79. The van der Waals surface area contributed by atoms with Crippen LogP contribution in [-0.4, -0.2) is 32.7 Å². The first-order valence-corrected chi connectivity index (χ1v) is 12.3. The summed E-state index contributed by atoms with van der Waals surface area (Å²) in [6, 6.07) is 12.2. The number of phenols is 1. The molecule has 3 amide bonds. The second-order valence-corrected chi connectivity index (χ2v) is 9.83. The van der Waals surface area contributed by atoms with Crippen LogP contribution in [0.2, 0.25) is 0 Å². The van der Waals surface area contributed by atoms with Gasteiger partial charge in [0.25, 0.3) is 11.8 Å². The van der Waals surface area contributed by atoms with E-state index in [1.807, 2.05) is 39.8 Å². The largest absolute Gasteiger partial charge is 0.508 e. The van der Waals surface area contributed by atoms with Crippen molar-refractivity contribution in [2.45, 2.75) is 52.1 Å². The van der Waals surface area contributed by atoms with Crippen LogP contribution < -0.4 is 21.7 Å². The summed E-state index contributed by atoms with van der Waals surface area (Å²) in [6.07, 6.45) is 1.45. The monoisotopic (exact) mass is 509 g/mol. The first-order valence-electron chi connectivity index (χ1n) is 11.6. The lowest BCUT2D eigenvalue weighted by Crippen LogP contribution is -2.50. The van der Waals surface area contributed by atoms with E-state index in [1.165, 1.54) is 17.0 Å². The van der Waals surface area contributed by atoms with Crippen LogP contribution in [0.4, 0.5) is 11.4 Å². The molecule has 3 rings (SSSR count). The maximum absolute atomic E-state index is 14.0. The summed E-state index contributed by atoms with van der Waals surface area (Å²) in [7, 11) is 0. The summed E-state index contributed by atoms with van der Waals surface area (Å²) < 4.78 is 3.96. The molecular weight excluding hydrogens is 478 g/mol. The minimum Gasteiger partial charge on any atom is -0.508 e. The molecule has 9 nitrogen and oxygen atoms in total. The van der Waals surface area contributed by atoms with Crippen LogP contribution in [0.1, 0.15) is 71.4 Å². The smallest absolute Gasteiger partial charge is 0.273 e. The van der Waals surface area contributed by atoms with E-state index in [0.717, 1.165) is 23.5 Å². The van der Waals surface area contributed by atoms with Gasteiger partial charge in [-0.3, -0.25) is 19.3 Å². The molecule has 0 aliphatic rings. The molecular formula is C26H31N5O4S. The Balaban J connectivity index is 2.22. The van der Waals surface area contributed by atoms with Gasteiger partial charge in [-0.25, -0.2) is 0 Å². The van der Waals surface area contributed by atoms with Crippen molar-refractivity contribution in [3.8, 4) is 5.75 Å². The molecule has 2 aromatic carbocycles. The maximum Gasteiger partial charge on any atom is 0.273 e. The van der Waals surface area contributed by atoms with Crippen LogP contribution >= 0.6 is 11.5 Å². The SMILES string of the molecule is CCc1ccc(N(C(=O)c2snc(C(N)=O)c2N)[C@H](C(=O)NC(C)(C)CC)c2ccc(O)cc2)cc1. The molecule has 6 N–H and O–H groups in total. The van der Waals surface area contributed by atoms with Gasteiger partial charge in [-0.2, -0.15) is 4.37 Å². The van der Waals surface area contributed by atoms with Gasteiger partial charge in [0.1, 0.15) is 16.7 Å². The molecule has 1 aromatic heterocycles. The lowest BCUT2D eigenvalue weighted by molar-refractivity contribution is -0.124. The zero-order valence-corrected chi connectivity index (χ0v) is 21.6. The van der Waals surface area contributed by atoms with Crippen LogP contribution in [-0.2, 0) is 11.2 Å². The fourth-order valence-corrected chi connectivity index (χ4v) is 4.32. The number of nitrogen functional groups attached to an aromatic ring is 1. The number of amides is 3. The fraction of sp³-hybridized carbons (Fsp3) is 0.308. The van der Waals surface area contributed by atoms with E-state index in [4.69, 9.17) is 11.5 Å². The third-order valence-electron chi connectivity index (χ3n) is 6.06. The number of hydrogen-bond acceptors (Lipinski definition) is 7. The number of rotatable bonds is 9. The molecule has 0 saturated carbocycles. The number of nitrogens with zero attached hydrogens (tertiary/aromatic N) is 2. The summed E-state index contributed by atoms with van der Waals surface area (Å²) in [5, 5.41) is 12.9. The standard InChI is InChI=1S/C26H31N5O4S/c1-5-15-7-11-17(12-8-15)31(25(35)22-19(27)20(23(28)33)30-36-22)21(16-9-13-18(32)14-10-16)24(34)29-26(3,4)6-2/h7-14,21,32H,5-6,27H2,1-4H3,(H2,28,33)(H,29,34)/t21-/m0/s1. The van der Waals surface area contributed by atoms with Crippen LogP contribution in [0.5, 0.6) is 5.75 Å². The highest BCUT2D eigenvalue weighted by atomic mass is 32.1. The molecule has 36 heavy (non-hydrogen) atoms. The normalized spacial score (nSPS) is 12.1. The molecule has 3 aromatic rings. The molecule has 1 atom stereocenters. The van der Waals surface area contributed by atoms with E-state index < -0.39 is 29.3 Å². The Morgan fingerprint density at radius 2 is 1.69 bits per heavy atom. The molecule has 0 unspecified atom stereocenters. The van der Waals surface area contributed by atoms with Gasteiger partial charge in [0.05, 0.1) is 5.69 Å². The summed E-state index contributed by atoms with van der Waals surface area (Å²) in [6.45, 7) is 7.75. The van der Waals surface area contributed by atoms with Gasteiger partial charge in [-0.1, -0.05) is 38.1 Å². The van der Waals surface area contributed by atoms with E-state index in [0.29, 0.717) is 17.7 Å². The Morgan fingerprint density at radius 3 is 2.19 bits per heavy atom. The predicted molar refractivity (Wildman–Crippen MR) is 141 cm³/mol. The molecule has 0 saturated heterocycles. The quantitative estimate of drug-likeness (QED) is 0.344. The lowest BCUT2D eigenvalue weighted by atomic mass is 9.97. The number of carbonyl (C=O) groups is 3. The van der Waals surface area contributed by atoms with E-state index in [2.05, 4.69) is 9.69 Å². The fourth-order valence-electron chi connectivity index (χ4n) is 3.58. The molecule has 0 aliphatic carbocycles. The second-order valence-electron chi connectivity index (χ2n) is 9.05. The van der Waals surface area contributed by atoms with E-state index in [1.54, 1.807) is 24.3 Å². The highest BCUT2D eigenvalue weighted by molar-refractivity contribution is 7.09. The van der Waals surface area contributed by atoms with E-state index >= 15 is 0 Å². The Hall–Kier alpha value is -3.92. The maximum atomic E-state index is 14.0. The molecule has 1 heterocycles. The van der Waals surface area contributed by atoms with Gasteiger partial charge in [0, 0.05) is 11.2 Å². The molecule has 0 fully saturated rings. The highest BCUT2D eigenvalue weighted by Gasteiger charge is 2.37. The topological polar surface area (TPSA) is 152 Å². The lowest BCUT2D eigenvalue weighted by Gasteiger charge is -2.34. The van der Waals surface area contributed by atoms with Crippen molar-refractivity contribution in [1.29, 1.82) is 0 Å². The number of carbonyl (C=O) groups excluding carboxylic acids is 3. The first-order chi connectivity index (χ1) is 17.0. The molecule has 10 heteroatoms. The molecule has 0 aliphatic heterocycles. The van der Waals surface area contributed by atoms with Crippen molar-refractivity contribution in [3.63, 3.8) is 0 Å². The number of anilines is 2. The number of aromatic hydroxyl groups is 1. The number of aromatic nitrogens is 1. The third kappa shape index (κ3) is 5.65. The van der Waals surface area contributed by atoms with Gasteiger partial charge in [-0.05, 0) is 73.6 Å². The Labute approximate surface area is 214 Å². The number of benzene rings is 2. The summed E-state index contributed by atoms with van der Waals surface area (Å²) in [5.74, 6) is -1.85.